The maximum atomic E-state index is 12.6. The van der Waals surface area contributed by atoms with Crippen LogP contribution in [0.5, 0.6) is 0 Å². The molecular weight excluding hydrogens is 312 g/mol. The average Bonchev–Trinajstić information content (AvgIpc) is 3.04. The quantitative estimate of drug-likeness (QED) is 0.890. The van der Waals surface area contributed by atoms with Gasteiger partial charge in [0, 0.05) is 38.8 Å². The smallest absolute Gasteiger partial charge is 0.317 e. The molecule has 2 fully saturated rings. The van der Waals surface area contributed by atoms with E-state index in [9.17, 15) is 4.79 Å². The first-order chi connectivity index (χ1) is 12.1. The van der Waals surface area contributed by atoms with Crippen LogP contribution in [0.3, 0.4) is 0 Å². The topological polar surface area (TPSA) is 38.8 Å². The summed E-state index contributed by atoms with van der Waals surface area (Å²) in [5, 5.41) is 3.28. The van der Waals surface area contributed by atoms with E-state index in [1.807, 2.05) is 4.90 Å². The average molecular weight is 345 g/mol. The zero-order chi connectivity index (χ0) is 17.6. The maximum absolute atomic E-state index is 12.6. The molecule has 2 aliphatic heterocycles. The minimum atomic E-state index is 0.132. The number of carbonyl (C=O) groups is 1. The van der Waals surface area contributed by atoms with Gasteiger partial charge in [0.15, 0.2) is 0 Å². The Bertz CT molecular complexity index is 548. The lowest BCUT2D eigenvalue weighted by molar-refractivity contribution is 0.167. The van der Waals surface area contributed by atoms with E-state index < -0.39 is 0 Å². The highest BCUT2D eigenvalue weighted by atomic mass is 16.2. The number of benzene rings is 1. The third-order valence-corrected chi connectivity index (χ3v) is 5.28. The highest BCUT2D eigenvalue weighted by Gasteiger charge is 2.29. The first-order valence-corrected chi connectivity index (χ1v) is 9.56. The van der Waals surface area contributed by atoms with Gasteiger partial charge in [-0.15, -0.1) is 0 Å². The molecule has 3 rings (SSSR count). The summed E-state index contributed by atoms with van der Waals surface area (Å²) in [5.41, 5.74) is 1.35. The predicted octanol–water partition coefficient (Wildman–Crippen LogP) is 2.24. The van der Waals surface area contributed by atoms with Crippen LogP contribution in [0.2, 0.25) is 0 Å². The summed E-state index contributed by atoms with van der Waals surface area (Å²) >= 11 is 0. The van der Waals surface area contributed by atoms with Gasteiger partial charge >= 0.3 is 6.03 Å². The van der Waals surface area contributed by atoms with Crippen LogP contribution in [0, 0.1) is 5.92 Å². The fraction of sp³-hybridized carbons (Fsp3) is 0.650. The molecule has 1 aromatic carbocycles. The van der Waals surface area contributed by atoms with E-state index in [2.05, 4.69) is 59.5 Å². The summed E-state index contributed by atoms with van der Waals surface area (Å²) in [4.78, 5) is 19.3. The fourth-order valence-corrected chi connectivity index (χ4v) is 4.11. The van der Waals surface area contributed by atoms with Crippen molar-refractivity contribution in [2.45, 2.75) is 31.8 Å². The van der Waals surface area contributed by atoms with E-state index in [1.165, 1.54) is 5.56 Å². The van der Waals surface area contributed by atoms with E-state index in [0.717, 1.165) is 58.5 Å². The van der Waals surface area contributed by atoms with E-state index in [1.54, 1.807) is 0 Å². The largest absolute Gasteiger partial charge is 0.334 e. The van der Waals surface area contributed by atoms with Crippen molar-refractivity contribution in [3.8, 4) is 0 Å². The number of piperidine rings is 1. The fourth-order valence-electron chi connectivity index (χ4n) is 4.11. The molecule has 2 aliphatic rings. The molecule has 0 aromatic heterocycles. The first-order valence-electron chi connectivity index (χ1n) is 9.56. The molecule has 5 nitrogen and oxygen atoms in total. The van der Waals surface area contributed by atoms with Gasteiger partial charge in [-0.1, -0.05) is 30.3 Å². The van der Waals surface area contributed by atoms with Crippen molar-refractivity contribution in [3.63, 3.8) is 0 Å². The van der Waals surface area contributed by atoms with E-state index >= 15 is 0 Å². The van der Waals surface area contributed by atoms with Crippen molar-refractivity contribution in [2.24, 2.45) is 5.92 Å². The molecule has 2 saturated heterocycles. The van der Waals surface area contributed by atoms with Gasteiger partial charge in [-0.2, -0.15) is 0 Å². The Hall–Kier alpha value is -1.59. The Labute approximate surface area is 152 Å². The summed E-state index contributed by atoms with van der Waals surface area (Å²) in [6.45, 7) is 5.90. The van der Waals surface area contributed by atoms with Crippen molar-refractivity contribution in [1.29, 1.82) is 0 Å². The minimum Gasteiger partial charge on any atom is -0.334 e. The molecule has 0 saturated carbocycles. The maximum Gasteiger partial charge on any atom is 0.317 e. The summed E-state index contributed by atoms with van der Waals surface area (Å²) in [6.07, 6.45) is 3.36. The molecule has 0 spiro atoms. The molecule has 2 atom stereocenters. The van der Waals surface area contributed by atoms with Crippen LogP contribution < -0.4 is 5.32 Å². The SMILES string of the molecule is CN(C)CC1CCN(C(=O)NC2CCCN(Cc3ccccc3)C2)C1. The summed E-state index contributed by atoms with van der Waals surface area (Å²) in [5.74, 6) is 0.613. The third-order valence-electron chi connectivity index (χ3n) is 5.28. The lowest BCUT2D eigenvalue weighted by Gasteiger charge is -2.34. The molecule has 2 amide bonds. The first kappa shape index (κ1) is 18.2. The van der Waals surface area contributed by atoms with Gasteiger partial charge < -0.3 is 15.1 Å². The van der Waals surface area contributed by atoms with E-state index in [4.69, 9.17) is 0 Å². The molecule has 0 bridgehead atoms. The van der Waals surface area contributed by atoms with E-state index in [0.29, 0.717) is 5.92 Å². The van der Waals surface area contributed by atoms with Gasteiger partial charge in [0.2, 0.25) is 0 Å². The Morgan fingerprint density at radius 2 is 1.96 bits per heavy atom. The molecule has 5 heteroatoms. The third kappa shape index (κ3) is 5.44. The predicted molar refractivity (Wildman–Crippen MR) is 102 cm³/mol. The molecule has 1 aromatic rings. The Morgan fingerprint density at radius 3 is 2.72 bits per heavy atom. The van der Waals surface area contributed by atoms with Gasteiger partial charge in [0.1, 0.15) is 0 Å². The molecule has 25 heavy (non-hydrogen) atoms. The number of nitrogens with zero attached hydrogens (tertiary/aromatic N) is 3. The number of likely N-dealkylation sites (tertiary alicyclic amines) is 2. The van der Waals surface area contributed by atoms with Crippen molar-refractivity contribution in [1.82, 2.24) is 20.0 Å². The van der Waals surface area contributed by atoms with Crippen LogP contribution in [0.25, 0.3) is 0 Å². The normalized spacial score (nSPS) is 24.7. The zero-order valence-corrected chi connectivity index (χ0v) is 15.7. The molecule has 1 N–H and O–H groups in total. The molecule has 0 aliphatic carbocycles. The highest BCUT2D eigenvalue weighted by molar-refractivity contribution is 5.74. The second-order valence-electron chi connectivity index (χ2n) is 7.87. The molecule has 2 unspecified atom stereocenters. The number of urea groups is 1. The van der Waals surface area contributed by atoms with Crippen molar-refractivity contribution in [3.05, 3.63) is 35.9 Å². The summed E-state index contributed by atoms with van der Waals surface area (Å²) in [6, 6.07) is 11.0. The standard InChI is InChI=1S/C20H32N4O/c1-22(2)13-18-10-12-24(15-18)20(25)21-19-9-6-11-23(16-19)14-17-7-4-3-5-8-17/h3-5,7-8,18-19H,6,9-16H2,1-2H3,(H,21,25). The highest BCUT2D eigenvalue weighted by Crippen LogP contribution is 2.18. The van der Waals surface area contributed by atoms with Gasteiger partial charge in [-0.05, 0) is 51.4 Å². The number of rotatable bonds is 5. The number of hydrogen-bond donors (Lipinski definition) is 1. The van der Waals surface area contributed by atoms with E-state index in [-0.39, 0.29) is 12.1 Å². The van der Waals surface area contributed by atoms with Crippen LogP contribution in [-0.4, -0.2) is 73.6 Å². The monoisotopic (exact) mass is 344 g/mol. The van der Waals surface area contributed by atoms with Crippen LogP contribution in [0.15, 0.2) is 30.3 Å². The van der Waals surface area contributed by atoms with Crippen molar-refractivity contribution in [2.75, 3.05) is 46.8 Å². The van der Waals surface area contributed by atoms with Crippen molar-refractivity contribution >= 4 is 6.03 Å². The summed E-state index contributed by atoms with van der Waals surface area (Å²) < 4.78 is 0. The van der Waals surface area contributed by atoms with Crippen LogP contribution in [-0.2, 0) is 6.54 Å². The zero-order valence-electron chi connectivity index (χ0n) is 15.7. The van der Waals surface area contributed by atoms with Gasteiger partial charge in [-0.3, -0.25) is 4.90 Å². The van der Waals surface area contributed by atoms with Gasteiger partial charge in [-0.25, -0.2) is 4.79 Å². The molecule has 2 heterocycles. The number of hydrogen-bond acceptors (Lipinski definition) is 3. The Morgan fingerprint density at radius 1 is 1.16 bits per heavy atom. The lowest BCUT2D eigenvalue weighted by atomic mass is 10.0. The van der Waals surface area contributed by atoms with Gasteiger partial charge in [0.25, 0.3) is 0 Å². The van der Waals surface area contributed by atoms with Crippen LogP contribution >= 0.6 is 0 Å². The number of nitrogens with one attached hydrogen (secondary N) is 1. The summed E-state index contributed by atoms with van der Waals surface area (Å²) in [7, 11) is 4.21. The lowest BCUT2D eigenvalue weighted by Crippen LogP contribution is -2.51. The van der Waals surface area contributed by atoms with Crippen LogP contribution in [0.4, 0.5) is 4.79 Å². The molecular formula is C20H32N4O. The Balaban J connectivity index is 1.45. The second-order valence-corrected chi connectivity index (χ2v) is 7.87. The minimum absolute atomic E-state index is 0.132. The van der Waals surface area contributed by atoms with Gasteiger partial charge in [0.05, 0.1) is 0 Å². The Kier molecular flexibility index (Phi) is 6.32. The van der Waals surface area contributed by atoms with Crippen LogP contribution in [0.1, 0.15) is 24.8 Å². The number of amides is 2. The second kappa shape index (κ2) is 8.68. The molecule has 138 valence electrons. The van der Waals surface area contributed by atoms with Crippen molar-refractivity contribution < 1.29 is 4.79 Å². The molecule has 0 radical (unpaired) electrons. The number of carbonyl (C=O) groups excluding carboxylic acids is 1.